The van der Waals surface area contributed by atoms with Crippen LogP contribution in [0.2, 0.25) is 0 Å². The van der Waals surface area contributed by atoms with Crippen molar-refractivity contribution in [3.63, 3.8) is 0 Å². The summed E-state index contributed by atoms with van der Waals surface area (Å²) in [4.78, 5) is 38.2. The quantitative estimate of drug-likeness (QED) is 0.345. The Labute approximate surface area is 170 Å². The molecule has 0 aliphatic rings. The molecule has 28 heavy (non-hydrogen) atoms. The monoisotopic (exact) mass is 411 g/mol. The number of thiophene rings is 1. The highest BCUT2D eigenvalue weighted by molar-refractivity contribution is 7.98. The SMILES string of the molecule is CSc1ccc(C(=O)COC(=O)c2cccc(NC(=O)c3cccs3)c2)cc1. The Morgan fingerprint density at radius 1 is 1.00 bits per heavy atom. The van der Waals surface area contributed by atoms with Gasteiger partial charge >= 0.3 is 5.97 Å². The molecule has 7 heteroatoms. The Morgan fingerprint density at radius 3 is 2.46 bits per heavy atom. The molecular weight excluding hydrogens is 394 g/mol. The number of esters is 1. The molecule has 142 valence electrons. The number of benzene rings is 2. The molecule has 0 unspecified atom stereocenters. The number of carbonyl (C=O) groups excluding carboxylic acids is 3. The van der Waals surface area contributed by atoms with Gasteiger partial charge in [0.15, 0.2) is 12.4 Å². The van der Waals surface area contributed by atoms with Crippen molar-refractivity contribution in [1.29, 1.82) is 0 Å². The number of nitrogens with one attached hydrogen (secondary N) is 1. The Bertz CT molecular complexity index is 982. The first-order valence-electron chi connectivity index (χ1n) is 8.36. The number of hydrogen-bond donors (Lipinski definition) is 1. The molecular formula is C21H17NO4S2. The van der Waals surface area contributed by atoms with E-state index in [0.717, 1.165) is 4.90 Å². The number of amides is 1. The van der Waals surface area contributed by atoms with Crippen LogP contribution in [0.1, 0.15) is 30.4 Å². The number of ether oxygens (including phenoxy) is 1. The second kappa shape index (κ2) is 9.34. The van der Waals surface area contributed by atoms with Gasteiger partial charge in [-0.05, 0) is 48.0 Å². The maximum absolute atomic E-state index is 12.3. The van der Waals surface area contributed by atoms with E-state index >= 15 is 0 Å². The van der Waals surface area contributed by atoms with Gasteiger partial charge in [-0.1, -0.05) is 24.3 Å². The molecule has 1 N–H and O–H groups in total. The second-order valence-corrected chi connectivity index (χ2v) is 7.57. The van der Waals surface area contributed by atoms with Gasteiger partial charge in [0.2, 0.25) is 0 Å². The molecule has 5 nitrogen and oxygen atoms in total. The molecule has 3 aromatic rings. The number of anilines is 1. The van der Waals surface area contributed by atoms with Gasteiger partial charge in [0.1, 0.15) is 0 Å². The molecule has 0 aliphatic carbocycles. The van der Waals surface area contributed by atoms with E-state index in [-0.39, 0.29) is 23.9 Å². The molecule has 0 radical (unpaired) electrons. The second-order valence-electron chi connectivity index (χ2n) is 5.74. The summed E-state index contributed by atoms with van der Waals surface area (Å²) >= 11 is 2.91. The van der Waals surface area contributed by atoms with Crippen molar-refractivity contribution in [3.05, 3.63) is 82.0 Å². The molecule has 0 bridgehead atoms. The number of hydrogen-bond acceptors (Lipinski definition) is 6. The van der Waals surface area contributed by atoms with Crippen molar-refractivity contribution in [1.82, 2.24) is 0 Å². The zero-order valence-corrected chi connectivity index (χ0v) is 16.6. The van der Waals surface area contributed by atoms with Crippen LogP contribution in [0, 0.1) is 0 Å². The third-order valence-electron chi connectivity index (χ3n) is 3.85. The number of carbonyl (C=O) groups is 3. The molecule has 0 atom stereocenters. The average molecular weight is 412 g/mol. The molecule has 2 aromatic carbocycles. The van der Waals surface area contributed by atoms with Gasteiger partial charge in [-0.3, -0.25) is 9.59 Å². The molecule has 0 spiro atoms. The topological polar surface area (TPSA) is 72.5 Å². The van der Waals surface area contributed by atoms with Crippen molar-refractivity contribution in [2.75, 3.05) is 18.2 Å². The Kier molecular flexibility index (Phi) is 6.62. The van der Waals surface area contributed by atoms with Crippen molar-refractivity contribution >= 4 is 46.4 Å². The summed E-state index contributed by atoms with van der Waals surface area (Å²) in [5.74, 6) is -1.14. The van der Waals surface area contributed by atoms with Gasteiger partial charge < -0.3 is 10.1 Å². The molecule has 3 rings (SSSR count). The summed E-state index contributed by atoms with van der Waals surface area (Å²) in [5.41, 5.74) is 1.23. The van der Waals surface area contributed by atoms with Crippen molar-refractivity contribution in [2.24, 2.45) is 0 Å². The van der Waals surface area contributed by atoms with E-state index in [4.69, 9.17) is 4.74 Å². The fraction of sp³-hybridized carbons (Fsp3) is 0.0952. The minimum absolute atomic E-state index is 0.246. The summed E-state index contributed by atoms with van der Waals surface area (Å²) < 4.78 is 5.13. The van der Waals surface area contributed by atoms with E-state index < -0.39 is 5.97 Å². The highest BCUT2D eigenvalue weighted by Crippen LogP contribution is 2.17. The minimum Gasteiger partial charge on any atom is -0.454 e. The van der Waals surface area contributed by atoms with Gasteiger partial charge in [0.05, 0.1) is 10.4 Å². The number of thioether (sulfide) groups is 1. The van der Waals surface area contributed by atoms with Crippen LogP contribution in [-0.4, -0.2) is 30.5 Å². The fourth-order valence-corrected chi connectivity index (χ4v) is 3.43. The number of rotatable bonds is 7. The maximum Gasteiger partial charge on any atom is 0.338 e. The normalized spacial score (nSPS) is 10.3. The zero-order chi connectivity index (χ0) is 19.9. The first kappa shape index (κ1) is 19.9. The predicted octanol–water partition coefficient (Wildman–Crippen LogP) is 4.76. The lowest BCUT2D eigenvalue weighted by Crippen LogP contribution is -2.15. The average Bonchev–Trinajstić information content (AvgIpc) is 3.27. The lowest BCUT2D eigenvalue weighted by atomic mass is 10.1. The molecule has 1 heterocycles. The molecule has 0 aliphatic heterocycles. The standard InChI is InChI=1S/C21H17NO4S2/c1-27-17-9-7-14(8-10-17)18(23)13-26-21(25)15-4-2-5-16(12-15)22-20(24)19-6-3-11-28-19/h2-12H,13H2,1H3,(H,22,24). The minimum atomic E-state index is -0.624. The Morgan fingerprint density at radius 2 is 1.79 bits per heavy atom. The van der Waals surface area contributed by atoms with E-state index in [9.17, 15) is 14.4 Å². The Hall–Kier alpha value is -2.90. The van der Waals surface area contributed by atoms with Crippen LogP contribution in [0.3, 0.4) is 0 Å². The molecule has 0 saturated heterocycles. The van der Waals surface area contributed by atoms with E-state index in [1.807, 2.05) is 23.8 Å². The summed E-state index contributed by atoms with van der Waals surface area (Å²) in [6.07, 6.45) is 1.95. The van der Waals surface area contributed by atoms with Crippen LogP contribution in [0.25, 0.3) is 0 Å². The summed E-state index contributed by atoms with van der Waals surface area (Å²) in [7, 11) is 0. The summed E-state index contributed by atoms with van der Waals surface area (Å²) in [6.45, 7) is -0.344. The van der Waals surface area contributed by atoms with Crippen LogP contribution in [0.15, 0.2) is 70.9 Å². The smallest absolute Gasteiger partial charge is 0.338 e. The molecule has 0 fully saturated rings. The van der Waals surface area contributed by atoms with E-state index in [0.29, 0.717) is 16.1 Å². The van der Waals surface area contributed by atoms with Gasteiger partial charge in [0, 0.05) is 16.1 Å². The van der Waals surface area contributed by atoms with Crippen molar-refractivity contribution in [3.8, 4) is 0 Å². The summed E-state index contributed by atoms with van der Waals surface area (Å²) in [6, 6.07) is 17.0. The van der Waals surface area contributed by atoms with Crippen molar-refractivity contribution in [2.45, 2.75) is 4.90 Å². The van der Waals surface area contributed by atoms with E-state index in [1.54, 1.807) is 54.2 Å². The van der Waals surface area contributed by atoms with Crippen molar-refractivity contribution < 1.29 is 19.1 Å². The third-order valence-corrected chi connectivity index (χ3v) is 5.46. The Balaban J connectivity index is 1.59. The van der Waals surface area contributed by atoms with Gasteiger partial charge in [0.25, 0.3) is 5.91 Å². The number of ketones is 1. The lowest BCUT2D eigenvalue weighted by Gasteiger charge is -2.07. The van der Waals surface area contributed by atoms with E-state index in [2.05, 4.69) is 5.32 Å². The highest BCUT2D eigenvalue weighted by atomic mass is 32.2. The summed E-state index contributed by atoms with van der Waals surface area (Å²) in [5, 5.41) is 4.55. The van der Waals surface area contributed by atoms with Crippen LogP contribution >= 0.6 is 23.1 Å². The van der Waals surface area contributed by atoms with Gasteiger partial charge in [-0.15, -0.1) is 23.1 Å². The molecule has 1 aromatic heterocycles. The van der Waals surface area contributed by atoms with Gasteiger partial charge in [-0.25, -0.2) is 4.79 Å². The lowest BCUT2D eigenvalue weighted by molar-refractivity contribution is 0.0474. The maximum atomic E-state index is 12.3. The first-order chi connectivity index (χ1) is 13.6. The highest BCUT2D eigenvalue weighted by Gasteiger charge is 2.13. The number of Topliss-reactive ketones (excluding diaryl/α,β-unsaturated/α-hetero) is 1. The predicted molar refractivity (Wildman–Crippen MR) is 112 cm³/mol. The van der Waals surface area contributed by atoms with Crippen LogP contribution in [-0.2, 0) is 4.74 Å². The largest absolute Gasteiger partial charge is 0.454 e. The van der Waals surface area contributed by atoms with Crippen LogP contribution < -0.4 is 5.32 Å². The van der Waals surface area contributed by atoms with Gasteiger partial charge in [-0.2, -0.15) is 0 Å². The fourth-order valence-electron chi connectivity index (χ4n) is 2.40. The van der Waals surface area contributed by atoms with Crippen LogP contribution in [0.5, 0.6) is 0 Å². The van der Waals surface area contributed by atoms with Crippen LogP contribution in [0.4, 0.5) is 5.69 Å². The molecule has 0 saturated carbocycles. The van der Waals surface area contributed by atoms with E-state index in [1.165, 1.54) is 17.4 Å². The zero-order valence-electron chi connectivity index (χ0n) is 15.0. The third kappa shape index (κ3) is 5.09. The first-order valence-corrected chi connectivity index (χ1v) is 10.5. The molecule has 1 amide bonds.